The van der Waals surface area contributed by atoms with Gasteiger partial charge in [-0.25, -0.2) is 4.79 Å². The van der Waals surface area contributed by atoms with E-state index in [0.29, 0.717) is 32.3 Å². The molecule has 0 radical (unpaired) electrons. The fraction of sp³-hybridized carbons (Fsp3) is 0.294. The van der Waals surface area contributed by atoms with Crippen molar-refractivity contribution in [3.63, 3.8) is 0 Å². The normalized spacial score (nSPS) is 10.6. The highest BCUT2D eigenvalue weighted by molar-refractivity contribution is 9.10. The molecule has 4 N–H and O–H groups in total. The van der Waals surface area contributed by atoms with E-state index in [9.17, 15) is 20.1 Å². The minimum absolute atomic E-state index is 0.100. The molecule has 2 aromatic rings. The third-order valence-electron chi connectivity index (χ3n) is 3.79. The van der Waals surface area contributed by atoms with Crippen molar-refractivity contribution in [3.05, 3.63) is 50.4 Å². The molecular formula is C17H17BrN2O5. The molecule has 8 heteroatoms. The number of nitrogens with zero attached hydrogens (tertiary/aromatic N) is 1. The second-order valence-corrected chi connectivity index (χ2v) is 5.87. The summed E-state index contributed by atoms with van der Waals surface area (Å²) >= 11 is 3.33. The number of carbonyl (C=O) groups excluding carboxylic acids is 1. The lowest BCUT2D eigenvalue weighted by molar-refractivity contribution is 0.0519. The Labute approximate surface area is 152 Å². The van der Waals surface area contributed by atoms with Crippen molar-refractivity contribution in [1.29, 1.82) is 0 Å². The molecule has 1 aromatic carbocycles. The Morgan fingerprint density at radius 1 is 1.24 bits per heavy atom. The zero-order valence-electron chi connectivity index (χ0n) is 13.5. The summed E-state index contributed by atoms with van der Waals surface area (Å²) in [6, 6.07) is 3.24. The first-order valence-corrected chi connectivity index (χ1v) is 8.25. The highest BCUT2D eigenvalue weighted by atomic mass is 79.9. The zero-order chi connectivity index (χ0) is 18.6. The number of hydrogen-bond donors (Lipinski definition) is 4. The average molecular weight is 409 g/mol. The predicted molar refractivity (Wildman–Crippen MR) is 93.9 cm³/mol. The number of H-pyrrole nitrogens is 1. The van der Waals surface area contributed by atoms with Crippen molar-refractivity contribution in [2.24, 2.45) is 0 Å². The van der Waals surface area contributed by atoms with Gasteiger partial charge in [-0.15, -0.1) is 0 Å². The van der Waals surface area contributed by atoms with E-state index in [1.54, 1.807) is 19.1 Å². The van der Waals surface area contributed by atoms with Gasteiger partial charge >= 0.3 is 5.97 Å². The third-order valence-corrected chi connectivity index (χ3v) is 4.59. The number of nitrogens with one attached hydrogen (secondary N) is 1. The number of aromatic amines is 1. The number of rotatable bonds is 6. The van der Waals surface area contributed by atoms with E-state index >= 15 is 0 Å². The predicted octanol–water partition coefficient (Wildman–Crippen LogP) is 2.65. The van der Waals surface area contributed by atoms with Gasteiger partial charge in [0.25, 0.3) is 0 Å². The van der Waals surface area contributed by atoms with Gasteiger partial charge in [-0.05, 0) is 45.1 Å². The van der Waals surface area contributed by atoms with Gasteiger partial charge < -0.3 is 24.9 Å². The first-order chi connectivity index (χ1) is 12.0. The van der Waals surface area contributed by atoms with Gasteiger partial charge in [-0.1, -0.05) is 18.7 Å². The molecule has 0 bridgehead atoms. The monoisotopic (exact) mass is 408 g/mol. The van der Waals surface area contributed by atoms with Crippen LogP contribution in [0.3, 0.4) is 0 Å². The molecule has 1 heterocycles. The summed E-state index contributed by atoms with van der Waals surface area (Å²) in [5, 5.41) is 28.8. The number of carbonyl (C=O) groups is 1. The summed E-state index contributed by atoms with van der Waals surface area (Å²) in [6.45, 7) is 8.16. The zero-order valence-corrected chi connectivity index (χ0v) is 15.1. The van der Waals surface area contributed by atoms with Crippen LogP contribution in [0, 0.1) is 6.57 Å². The van der Waals surface area contributed by atoms with Crippen LogP contribution in [0.1, 0.15) is 34.1 Å². The lowest BCUT2D eigenvalue weighted by Gasteiger charge is -2.15. The van der Waals surface area contributed by atoms with Gasteiger partial charge in [0.2, 0.25) is 11.5 Å². The molecule has 0 unspecified atom stereocenters. The highest BCUT2D eigenvalue weighted by Gasteiger charge is 2.26. The first-order valence-electron chi connectivity index (χ1n) is 7.46. The maximum absolute atomic E-state index is 12.0. The van der Waals surface area contributed by atoms with Crippen molar-refractivity contribution < 1.29 is 24.9 Å². The Hall–Kier alpha value is -2.18. The Morgan fingerprint density at radius 2 is 1.92 bits per heavy atom. The maximum atomic E-state index is 12.0. The summed E-state index contributed by atoms with van der Waals surface area (Å²) in [5.41, 5.74) is 2.23. The number of esters is 1. The SMILES string of the molecule is [C-]#[N+]c1[nH]c(C(=O)OCC)c(Br)c1-c1ccc(CO)c(CO)c1CO. The summed E-state index contributed by atoms with van der Waals surface area (Å²) in [5.74, 6) is -0.504. The van der Waals surface area contributed by atoms with Crippen LogP contribution in [0.4, 0.5) is 5.82 Å². The van der Waals surface area contributed by atoms with Crippen LogP contribution in [0.15, 0.2) is 16.6 Å². The second-order valence-electron chi connectivity index (χ2n) is 5.07. The first kappa shape index (κ1) is 19.1. The fourth-order valence-corrected chi connectivity index (χ4v) is 3.30. The molecular weight excluding hydrogens is 392 g/mol. The van der Waals surface area contributed by atoms with Crippen molar-refractivity contribution in [2.75, 3.05) is 6.61 Å². The van der Waals surface area contributed by atoms with Gasteiger partial charge in [-0.2, -0.15) is 0 Å². The Kier molecular flexibility index (Phi) is 6.33. The molecule has 0 aliphatic carbocycles. The average Bonchev–Trinajstić information content (AvgIpc) is 2.96. The Morgan fingerprint density at radius 3 is 2.44 bits per heavy atom. The number of aromatic nitrogens is 1. The Bertz CT molecular complexity index is 839. The number of aliphatic hydroxyl groups is 3. The van der Waals surface area contributed by atoms with Gasteiger partial charge in [0, 0.05) is 5.56 Å². The molecule has 132 valence electrons. The van der Waals surface area contributed by atoms with E-state index < -0.39 is 12.6 Å². The molecule has 0 aliphatic heterocycles. The molecule has 2 rings (SSSR count). The second kappa shape index (κ2) is 8.27. The standard InChI is InChI=1S/C17H17BrN2O5/c1-3-25-17(24)15-14(18)13(16(19-2)20-15)10-5-4-9(6-21)11(7-22)12(10)8-23/h4-5,20-23H,3,6-8H2,1H3. The lowest BCUT2D eigenvalue weighted by Crippen LogP contribution is -2.05. The largest absolute Gasteiger partial charge is 0.460 e. The highest BCUT2D eigenvalue weighted by Crippen LogP contribution is 2.42. The van der Waals surface area contributed by atoms with E-state index in [1.165, 1.54) is 0 Å². The minimum atomic E-state index is -0.606. The van der Waals surface area contributed by atoms with E-state index in [2.05, 4.69) is 25.8 Å². The van der Waals surface area contributed by atoms with Crippen molar-refractivity contribution in [1.82, 2.24) is 4.98 Å². The summed E-state index contributed by atoms with van der Waals surface area (Å²) < 4.78 is 5.31. The van der Waals surface area contributed by atoms with E-state index in [-0.39, 0.29) is 31.3 Å². The van der Waals surface area contributed by atoms with Gasteiger partial charge in [0.1, 0.15) is 0 Å². The molecule has 0 aliphatic rings. The smallest absolute Gasteiger partial charge is 0.378 e. The molecule has 0 saturated carbocycles. The fourth-order valence-electron chi connectivity index (χ4n) is 2.64. The maximum Gasteiger partial charge on any atom is 0.378 e. The third kappa shape index (κ3) is 3.45. The number of aliphatic hydroxyl groups excluding tert-OH is 3. The number of hydrogen-bond acceptors (Lipinski definition) is 5. The summed E-state index contributed by atoms with van der Waals surface area (Å²) in [7, 11) is 0. The molecule has 7 nitrogen and oxygen atoms in total. The van der Waals surface area contributed by atoms with Crippen LogP contribution in [-0.4, -0.2) is 32.9 Å². The van der Waals surface area contributed by atoms with Crippen LogP contribution in [0.25, 0.3) is 16.0 Å². The number of ether oxygens (including phenoxy) is 1. The topological polar surface area (TPSA) is 107 Å². The van der Waals surface area contributed by atoms with Gasteiger partial charge in [-0.3, -0.25) is 4.98 Å². The number of benzene rings is 1. The number of halogens is 1. The quantitative estimate of drug-likeness (QED) is 0.434. The van der Waals surface area contributed by atoms with Crippen LogP contribution in [-0.2, 0) is 24.6 Å². The van der Waals surface area contributed by atoms with Crippen LogP contribution < -0.4 is 0 Å². The van der Waals surface area contributed by atoms with Gasteiger partial charge in [0.05, 0.1) is 30.9 Å². The van der Waals surface area contributed by atoms with Crippen LogP contribution in [0.2, 0.25) is 0 Å². The minimum Gasteiger partial charge on any atom is -0.460 e. The molecule has 0 spiro atoms. The van der Waals surface area contributed by atoms with Crippen LogP contribution in [0.5, 0.6) is 0 Å². The molecule has 0 atom stereocenters. The van der Waals surface area contributed by atoms with E-state index in [4.69, 9.17) is 11.3 Å². The molecule has 0 fully saturated rings. The summed E-state index contributed by atoms with van der Waals surface area (Å²) in [6.07, 6.45) is 0. The van der Waals surface area contributed by atoms with E-state index in [1.807, 2.05) is 0 Å². The van der Waals surface area contributed by atoms with Gasteiger partial charge in [0.15, 0.2) is 0 Å². The molecule has 1 aromatic heterocycles. The molecule has 0 saturated heterocycles. The van der Waals surface area contributed by atoms with Crippen molar-refractivity contribution in [2.45, 2.75) is 26.7 Å². The summed E-state index contributed by atoms with van der Waals surface area (Å²) in [4.78, 5) is 18.2. The molecule has 0 amide bonds. The Balaban J connectivity index is 2.75. The van der Waals surface area contributed by atoms with E-state index in [0.717, 1.165) is 0 Å². The molecule has 25 heavy (non-hydrogen) atoms. The van der Waals surface area contributed by atoms with Crippen molar-refractivity contribution in [3.8, 4) is 11.1 Å². The van der Waals surface area contributed by atoms with Crippen LogP contribution >= 0.6 is 15.9 Å². The van der Waals surface area contributed by atoms with Crippen molar-refractivity contribution >= 4 is 27.7 Å². The lowest BCUT2D eigenvalue weighted by atomic mass is 9.93.